The lowest BCUT2D eigenvalue weighted by Gasteiger charge is -2.05. The Morgan fingerprint density at radius 2 is 2.18 bits per heavy atom. The fourth-order valence-electron chi connectivity index (χ4n) is 1.11. The van der Waals surface area contributed by atoms with E-state index in [0.29, 0.717) is 0 Å². The number of aromatic nitrogens is 1. The van der Waals surface area contributed by atoms with Crippen LogP contribution in [0.25, 0.3) is 0 Å². The van der Waals surface area contributed by atoms with E-state index in [1.807, 2.05) is 0 Å². The minimum atomic E-state index is -0.635. The van der Waals surface area contributed by atoms with Crippen molar-refractivity contribution in [2.24, 2.45) is 0 Å². The highest BCUT2D eigenvalue weighted by Crippen LogP contribution is 2.44. The van der Waals surface area contributed by atoms with E-state index in [9.17, 15) is 9.90 Å². The normalized spacial score (nSPS) is 19.7. The minimum absolute atomic E-state index is 0.127. The Kier molecular flexibility index (Phi) is 1.17. The van der Waals surface area contributed by atoms with Crippen molar-refractivity contribution < 1.29 is 5.11 Å². The van der Waals surface area contributed by atoms with Crippen LogP contribution >= 0.6 is 0 Å². The van der Waals surface area contributed by atoms with Gasteiger partial charge in [0.15, 0.2) is 0 Å². The quantitative estimate of drug-likeness (QED) is 0.608. The van der Waals surface area contributed by atoms with Crippen LogP contribution in [0.5, 0.6) is 0 Å². The highest BCUT2D eigenvalue weighted by atomic mass is 16.3. The standard InChI is InChI=1S/C8H9NO2/c10-7-2-1-6(5-9-7)8(11)3-4-8/h1-2,5,11H,3-4H2,(H,9,10). The molecule has 3 nitrogen and oxygen atoms in total. The van der Waals surface area contributed by atoms with Gasteiger partial charge in [-0.3, -0.25) is 4.79 Å². The highest BCUT2D eigenvalue weighted by Gasteiger charge is 2.42. The average Bonchev–Trinajstić information content (AvgIpc) is 2.70. The average molecular weight is 151 g/mol. The molecule has 0 aromatic carbocycles. The van der Waals surface area contributed by atoms with E-state index in [0.717, 1.165) is 18.4 Å². The van der Waals surface area contributed by atoms with Gasteiger partial charge in [0.05, 0.1) is 5.60 Å². The molecular formula is C8H9NO2. The van der Waals surface area contributed by atoms with Crippen LogP contribution in [-0.2, 0) is 5.60 Å². The number of hydrogen-bond donors (Lipinski definition) is 2. The largest absolute Gasteiger partial charge is 0.385 e. The maximum atomic E-state index is 10.6. The summed E-state index contributed by atoms with van der Waals surface area (Å²) in [7, 11) is 0. The first kappa shape index (κ1) is 6.61. The Labute approximate surface area is 63.7 Å². The van der Waals surface area contributed by atoms with Crippen LogP contribution in [0.2, 0.25) is 0 Å². The molecule has 0 radical (unpaired) electrons. The van der Waals surface area contributed by atoms with Crippen LogP contribution in [0.1, 0.15) is 18.4 Å². The fraction of sp³-hybridized carbons (Fsp3) is 0.375. The molecule has 2 rings (SSSR count). The summed E-state index contributed by atoms with van der Waals surface area (Å²) in [6.45, 7) is 0. The molecule has 1 saturated carbocycles. The molecule has 1 aliphatic carbocycles. The maximum absolute atomic E-state index is 10.6. The van der Waals surface area contributed by atoms with Crippen molar-refractivity contribution in [2.45, 2.75) is 18.4 Å². The van der Waals surface area contributed by atoms with Gasteiger partial charge >= 0.3 is 0 Å². The molecular weight excluding hydrogens is 142 g/mol. The predicted octanol–water partition coefficient (Wildman–Crippen LogP) is 0.356. The zero-order valence-corrected chi connectivity index (χ0v) is 6.00. The summed E-state index contributed by atoms with van der Waals surface area (Å²) < 4.78 is 0. The molecule has 1 aromatic heterocycles. The number of pyridine rings is 1. The molecule has 0 aliphatic heterocycles. The second-order valence-electron chi connectivity index (χ2n) is 2.97. The van der Waals surface area contributed by atoms with Gasteiger partial charge in [-0.25, -0.2) is 0 Å². The molecule has 0 spiro atoms. The smallest absolute Gasteiger partial charge is 0.247 e. The molecule has 0 amide bonds. The maximum Gasteiger partial charge on any atom is 0.247 e. The van der Waals surface area contributed by atoms with Gasteiger partial charge in [0.25, 0.3) is 0 Å². The van der Waals surface area contributed by atoms with E-state index in [1.54, 1.807) is 12.3 Å². The van der Waals surface area contributed by atoms with Crippen LogP contribution in [0.15, 0.2) is 23.1 Å². The van der Waals surface area contributed by atoms with Gasteiger partial charge in [-0.2, -0.15) is 0 Å². The van der Waals surface area contributed by atoms with Crippen molar-refractivity contribution in [2.75, 3.05) is 0 Å². The molecule has 0 bridgehead atoms. The Bertz CT molecular complexity index is 305. The zero-order chi connectivity index (χ0) is 7.90. The van der Waals surface area contributed by atoms with Gasteiger partial charge in [0, 0.05) is 12.3 Å². The monoisotopic (exact) mass is 151 g/mol. The SMILES string of the molecule is O=c1ccc(C2(O)CC2)c[nH]1. The molecule has 3 heteroatoms. The van der Waals surface area contributed by atoms with Crippen LogP contribution in [0.3, 0.4) is 0 Å². The van der Waals surface area contributed by atoms with Gasteiger partial charge < -0.3 is 10.1 Å². The minimum Gasteiger partial charge on any atom is -0.385 e. The first-order chi connectivity index (χ1) is 5.21. The third-order valence-electron chi connectivity index (χ3n) is 2.05. The van der Waals surface area contributed by atoms with E-state index in [4.69, 9.17) is 0 Å². The van der Waals surface area contributed by atoms with Gasteiger partial charge in [-0.15, -0.1) is 0 Å². The number of H-pyrrole nitrogens is 1. The van der Waals surface area contributed by atoms with Gasteiger partial charge in [-0.1, -0.05) is 0 Å². The Morgan fingerprint density at radius 1 is 1.45 bits per heavy atom. The fourth-order valence-corrected chi connectivity index (χ4v) is 1.11. The van der Waals surface area contributed by atoms with E-state index in [1.165, 1.54) is 6.07 Å². The number of rotatable bonds is 1. The third-order valence-corrected chi connectivity index (χ3v) is 2.05. The van der Waals surface area contributed by atoms with Crippen molar-refractivity contribution in [3.63, 3.8) is 0 Å². The Morgan fingerprint density at radius 3 is 2.64 bits per heavy atom. The third kappa shape index (κ3) is 1.07. The number of aliphatic hydroxyl groups is 1. The predicted molar refractivity (Wildman–Crippen MR) is 40.2 cm³/mol. The second-order valence-corrected chi connectivity index (χ2v) is 2.97. The van der Waals surface area contributed by atoms with Gasteiger partial charge in [0.1, 0.15) is 0 Å². The molecule has 1 fully saturated rings. The molecule has 58 valence electrons. The van der Waals surface area contributed by atoms with Crippen LogP contribution in [-0.4, -0.2) is 10.1 Å². The summed E-state index contributed by atoms with van der Waals surface area (Å²) in [5.41, 5.74) is 0.0552. The van der Waals surface area contributed by atoms with Crippen LogP contribution in [0, 0.1) is 0 Å². The lowest BCUT2D eigenvalue weighted by Crippen LogP contribution is -2.09. The Hall–Kier alpha value is -1.09. The van der Waals surface area contributed by atoms with Crippen LogP contribution < -0.4 is 5.56 Å². The van der Waals surface area contributed by atoms with E-state index >= 15 is 0 Å². The summed E-state index contributed by atoms with van der Waals surface area (Å²) in [6, 6.07) is 3.11. The van der Waals surface area contributed by atoms with E-state index < -0.39 is 5.60 Å². The molecule has 2 N–H and O–H groups in total. The van der Waals surface area contributed by atoms with Gasteiger partial charge in [-0.05, 0) is 24.5 Å². The van der Waals surface area contributed by atoms with Crippen molar-refractivity contribution in [1.29, 1.82) is 0 Å². The molecule has 1 heterocycles. The molecule has 0 atom stereocenters. The second kappa shape index (κ2) is 1.95. The lowest BCUT2D eigenvalue weighted by molar-refractivity contribution is 0.151. The molecule has 11 heavy (non-hydrogen) atoms. The topological polar surface area (TPSA) is 53.1 Å². The summed E-state index contributed by atoms with van der Waals surface area (Å²) in [4.78, 5) is 13.2. The van der Waals surface area contributed by atoms with E-state index in [2.05, 4.69) is 4.98 Å². The highest BCUT2D eigenvalue weighted by molar-refractivity contribution is 5.23. The van der Waals surface area contributed by atoms with Crippen molar-refractivity contribution >= 4 is 0 Å². The van der Waals surface area contributed by atoms with E-state index in [-0.39, 0.29) is 5.56 Å². The summed E-state index contributed by atoms with van der Waals surface area (Å²) in [6.07, 6.45) is 3.19. The van der Waals surface area contributed by atoms with Crippen molar-refractivity contribution in [1.82, 2.24) is 4.98 Å². The summed E-state index contributed by atoms with van der Waals surface area (Å²) in [5.74, 6) is 0. The molecule has 1 aromatic rings. The first-order valence-electron chi connectivity index (χ1n) is 3.62. The Balaban J connectivity index is 2.40. The van der Waals surface area contributed by atoms with Crippen molar-refractivity contribution in [3.8, 4) is 0 Å². The number of aromatic amines is 1. The first-order valence-corrected chi connectivity index (χ1v) is 3.62. The van der Waals surface area contributed by atoms with Crippen LogP contribution in [0.4, 0.5) is 0 Å². The van der Waals surface area contributed by atoms with Gasteiger partial charge in [0.2, 0.25) is 5.56 Å². The summed E-state index contributed by atoms with van der Waals surface area (Å²) in [5, 5.41) is 9.57. The van der Waals surface area contributed by atoms with Crippen molar-refractivity contribution in [3.05, 3.63) is 34.2 Å². The molecule has 0 unspecified atom stereocenters. The number of nitrogens with one attached hydrogen (secondary N) is 1. The molecule has 1 aliphatic rings. The summed E-state index contributed by atoms with van der Waals surface area (Å²) >= 11 is 0. The molecule has 0 saturated heterocycles. The number of hydrogen-bond acceptors (Lipinski definition) is 2. The lowest BCUT2D eigenvalue weighted by atomic mass is 10.1. The zero-order valence-electron chi connectivity index (χ0n) is 6.00.